The Morgan fingerprint density at radius 3 is 3.05 bits per heavy atom. The quantitative estimate of drug-likeness (QED) is 0.737. The largest absolute Gasteiger partial charge is 0.390 e. The van der Waals surface area contributed by atoms with Gasteiger partial charge in [0, 0.05) is 18.2 Å². The van der Waals surface area contributed by atoms with Crippen LogP contribution in [-0.4, -0.2) is 33.5 Å². The highest BCUT2D eigenvalue weighted by molar-refractivity contribution is 7.17. The molecule has 2 unspecified atom stereocenters. The molecule has 8 nitrogen and oxygen atoms in total. The Bertz CT molecular complexity index is 582. The van der Waals surface area contributed by atoms with Gasteiger partial charge in [-0.2, -0.15) is 0 Å². The predicted octanol–water partition coefficient (Wildman–Crippen LogP) is -0.283. The lowest BCUT2D eigenvalue weighted by Crippen LogP contribution is -2.33. The molecule has 1 aromatic heterocycles. The van der Waals surface area contributed by atoms with Crippen LogP contribution < -0.4 is 11.2 Å². The van der Waals surface area contributed by atoms with Crippen LogP contribution in [0.4, 0.5) is 0 Å². The van der Waals surface area contributed by atoms with E-state index in [9.17, 15) is 19.3 Å². The van der Waals surface area contributed by atoms with E-state index >= 15 is 0 Å². The van der Waals surface area contributed by atoms with E-state index in [4.69, 9.17) is 4.74 Å². The zero-order chi connectivity index (χ0) is 14.0. The van der Waals surface area contributed by atoms with Crippen LogP contribution in [0.1, 0.15) is 18.2 Å². The molecule has 1 fully saturated rings. The Kier molecular flexibility index (Phi) is 4.26. The van der Waals surface area contributed by atoms with Crippen molar-refractivity contribution in [2.75, 3.05) is 6.61 Å². The summed E-state index contributed by atoms with van der Waals surface area (Å²) in [6.45, 7) is 1.52. The minimum atomic E-state index is -0.828. The molecule has 2 rings (SSSR count). The smallest absolute Gasteiger partial charge is 0.330 e. The predicted molar refractivity (Wildman–Crippen MR) is 64.2 cm³/mol. The lowest BCUT2D eigenvalue weighted by Gasteiger charge is -2.15. The molecule has 0 saturated carbocycles. The number of hydrogen-bond acceptors (Lipinski definition) is 6. The Morgan fingerprint density at radius 2 is 2.37 bits per heavy atom. The molecule has 1 aliphatic heterocycles. The van der Waals surface area contributed by atoms with Gasteiger partial charge in [-0.3, -0.25) is 18.9 Å². The third kappa shape index (κ3) is 2.98. The maximum Gasteiger partial charge on any atom is 0.330 e. The number of aromatic nitrogens is 2. The van der Waals surface area contributed by atoms with E-state index in [2.05, 4.69) is 9.51 Å². The fourth-order valence-corrected chi connectivity index (χ4v) is 2.15. The molecule has 0 amide bonds. The number of ether oxygens (including phenoxy) is 1. The van der Waals surface area contributed by atoms with Gasteiger partial charge < -0.3 is 9.84 Å². The van der Waals surface area contributed by atoms with Gasteiger partial charge in [-0.15, -0.1) is 0 Å². The number of aliphatic hydroxyl groups is 1. The van der Waals surface area contributed by atoms with Crippen LogP contribution in [-0.2, 0) is 13.8 Å². The molecule has 104 valence electrons. The maximum atomic E-state index is 11.7. The van der Waals surface area contributed by atoms with Gasteiger partial charge in [0.25, 0.3) is 5.56 Å². The van der Waals surface area contributed by atoms with Crippen molar-refractivity contribution in [2.24, 2.45) is 0 Å². The highest BCUT2D eigenvalue weighted by Gasteiger charge is 2.35. The summed E-state index contributed by atoms with van der Waals surface area (Å²) in [4.78, 5) is 25.1. The van der Waals surface area contributed by atoms with Crippen LogP contribution in [0.25, 0.3) is 0 Å². The lowest BCUT2D eigenvalue weighted by molar-refractivity contribution is -0.0391. The van der Waals surface area contributed by atoms with Gasteiger partial charge in [-0.1, -0.05) is 0 Å². The van der Waals surface area contributed by atoms with E-state index in [1.165, 1.54) is 10.8 Å². The van der Waals surface area contributed by atoms with E-state index in [0.29, 0.717) is 5.56 Å². The molecular weight excluding hydrogens is 275 g/mol. The normalized spacial score (nSPS) is 26.9. The van der Waals surface area contributed by atoms with Crippen LogP contribution in [0.5, 0.6) is 0 Å². The van der Waals surface area contributed by atoms with Crippen LogP contribution in [0.3, 0.4) is 0 Å². The molecule has 0 aliphatic carbocycles. The Balaban J connectivity index is 2.20. The Morgan fingerprint density at radius 1 is 1.63 bits per heavy atom. The van der Waals surface area contributed by atoms with Crippen LogP contribution >= 0.6 is 8.69 Å². The number of aromatic amines is 1. The fraction of sp³-hybridized carbons (Fsp3) is 0.600. The van der Waals surface area contributed by atoms with Gasteiger partial charge in [0.2, 0.25) is 0 Å². The minimum absolute atomic E-state index is 0.0419. The van der Waals surface area contributed by atoms with E-state index in [0.717, 1.165) is 0 Å². The topological polar surface area (TPSA) is 111 Å². The number of H-pyrrole nitrogens is 1. The molecule has 1 aromatic rings. The monoisotopic (exact) mass is 288 g/mol. The summed E-state index contributed by atoms with van der Waals surface area (Å²) in [5.41, 5.74) is -0.684. The molecule has 3 atom stereocenters. The molecule has 1 saturated heterocycles. The van der Waals surface area contributed by atoms with Crippen LogP contribution in [0, 0.1) is 6.92 Å². The molecule has 0 spiro atoms. The highest BCUT2D eigenvalue weighted by Crippen LogP contribution is 2.28. The first-order valence-electron chi connectivity index (χ1n) is 5.63. The molecule has 0 bridgehead atoms. The van der Waals surface area contributed by atoms with E-state index in [-0.39, 0.29) is 13.0 Å². The van der Waals surface area contributed by atoms with E-state index < -0.39 is 38.4 Å². The minimum Gasteiger partial charge on any atom is -0.390 e. The summed E-state index contributed by atoms with van der Waals surface area (Å²) in [6, 6.07) is 0. The number of aliphatic hydroxyl groups excluding tert-OH is 1. The second-order valence-corrected chi connectivity index (χ2v) is 4.69. The second kappa shape index (κ2) is 5.75. The molecule has 0 aromatic carbocycles. The molecule has 2 heterocycles. The van der Waals surface area contributed by atoms with Gasteiger partial charge in [0.15, 0.2) is 0 Å². The summed E-state index contributed by atoms with van der Waals surface area (Å²) < 4.78 is 21.5. The number of nitrogens with one attached hydrogen (secondary N) is 1. The van der Waals surface area contributed by atoms with Crippen molar-refractivity contribution >= 4 is 8.69 Å². The average Bonchev–Trinajstić information content (AvgIpc) is 2.72. The summed E-state index contributed by atoms with van der Waals surface area (Å²) in [5, 5.41) is 9.76. The SMILES string of the molecule is Cc1cn(C2C[C@H](O)C(COP=O)O2)c(=O)[nH]c1=O. The van der Waals surface area contributed by atoms with Crippen molar-refractivity contribution in [3.05, 3.63) is 32.6 Å². The van der Waals surface area contributed by atoms with Crippen molar-refractivity contribution < 1.29 is 18.9 Å². The maximum absolute atomic E-state index is 11.7. The summed E-state index contributed by atoms with van der Waals surface area (Å²) in [6.07, 6.45) is -0.602. The lowest BCUT2D eigenvalue weighted by atomic mass is 10.2. The Hall–Kier alpha value is -1.34. The third-order valence-corrected chi connectivity index (χ3v) is 3.21. The number of nitrogens with zero attached hydrogens (tertiary/aromatic N) is 1. The molecule has 19 heavy (non-hydrogen) atoms. The number of hydrogen-bond donors (Lipinski definition) is 2. The van der Waals surface area contributed by atoms with Gasteiger partial charge in [-0.25, -0.2) is 9.36 Å². The summed E-state index contributed by atoms with van der Waals surface area (Å²) >= 11 is 0. The second-order valence-electron chi connectivity index (χ2n) is 4.28. The number of aryl methyl sites for hydroxylation is 1. The van der Waals surface area contributed by atoms with Crippen molar-refractivity contribution in [3.63, 3.8) is 0 Å². The van der Waals surface area contributed by atoms with Crippen LogP contribution in [0.15, 0.2) is 15.8 Å². The van der Waals surface area contributed by atoms with Crippen molar-refractivity contribution in [3.8, 4) is 0 Å². The van der Waals surface area contributed by atoms with Crippen molar-refractivity contribution in [2.45, 2.75) is 31.8 Å². The van der Waals surface area contributed by atoms with Crippen molar-refractivity contribution in [1.82, 2.24) is 9.55 Å². The van der Waals surface area contributed by atoms with E-state index in [1.807, 2.05) is 0 Å². The molecule has 2 N–H and O–H groups in total. The number of rotatable bonds is 4. The standard InChI is InChI=1S/C10H13N2O6P/c1-5-3-12(10(15)11-9(5)14)8-2-6(13)7(18-8)4-17-19-16/h3,6-8,13H,2,4H2,1H3,(H,11,14,15)/t6-,7?,8?/m0/s1. The first-order valence-corrected chi connectivity index (χ1v) is 6.36. The first kappa shape index (κ1) is 14.1. The molecule has 1 aliphatic rings. The Labute approximate surface area is 109 Å². The van der Waals surface area contributed by atoms with Crippen LogP contribution in [0.2, 0.25) is 0 Å². The zero-order valence-electron chi connectivity index (χ0n) is 10.1. The molecule has 9 heteroatoms. The van der Waals surface area contributed by atoms with Gasteiger partial charge >= 0.3 is 14.4 Å². The van der Waals surface area contributed by atoms with Gasteiger partial charge in [-0.05, 0) is 6.92 Å². The molecular formula is C10H13N2O6P. The fourth-order valence-electron chi connectivity index (χ4n) is 1.94. The first-order chi connectivity index (χ1) is 9.02. The summed E-state index contributed by atoms with van der Waals surface area (Å²) in [5.74, 6) is 0. The van der Waals surface area contributed by atoms with Gasteiger partial charge in [0.05, 0.1) is 12.7 Å². The molecule has 0 radical (unpaired) electrons. The zero-order valence-corrected chi connectivity index (χ0v) is 11.0. The highest BCUT2D eigenvalue weighted by atomic mass is 31.1. The van der Waals surface area contributed by atoms with E-state index in [1.54, 1.807) is 6.92 Å². The third-order valence-electron chi connectivity index (χ3n) is 2.95. The summed E-state index contributed by atoms with van der Waals surface area (Å²) in [7, 11) is -0.496. The van der Waals surface area contributed by atoms with Gasteiger partial charge in [0.1, 0.15) is 12.3 Å². The van der Waals surface area contributed by atoms with Crippen molar-refractivity contribution in [1.29, 1.82) is 0 Å². The average molecular weight is 288 g/mol.